The highest BCUT2D eigenvalue weighted by molar-refractivity contribution is 5.81. The molecule has 0 spiro atoms. The molecule has 80 valence electrons. The second-order valence-electron chi connectivity index (χ2n) is 4.25. The molecule has 5 heteroatoms. The summed E-state index contributed by atoms with van der Waals surface area (Å²) in [4.78, 5) is 17.9. The number of carbonyl (C=O) groups excluding carboxylic acids is 1. The van der Waals surface area contributed by atoms with Gasteiger partial charge in [-0.2, -0.15) is 4.98 Å². The van der Waals surface area contributed by atoms with E-state index in [1.807, 2.05) is 4.90 Å². The Kier molecular flexibility index (Phi) is 1.97. The van der Waals surface area contributed by atoms with E-state index in [-0.39, 0.29) is 17.9 Å². The Bertz CT molecular complexity index is 359. The number of amides is 1. The van der Waals surface area contributed by atoms with Gasteiger partial charge in [0.05, 0.1) is 6.04 Å². The van der Waals surface area contributed by atoms with Crippen LogP contribution in [0, 0.1) is 5.92 Å². The minimum Gasteiger partial charge on any atom is -0.343 e. The van der Waals surface area contributed by atoms with E-state index < -0.39 is 0 Å². The van der Waals surface area contributed by atoms with Gasteiger partial charge in [-0.05, 0) is 25.7 Å². The lowest BCUT2D eigenvalue weighted by Gasteiger charge is -2.21. The largest absolute Gasteiger partial charge is 0.343 e. The van der Waals surface area contributed by atoms with E-state index in [0.29, 0.717) is 5.82 Å². The summed E-state index contributed by atoms with van der Waals surface area (Å²) in [6, 6.07) is 0.0526. The van der Waals surface area contributed by atoms with Crippen LogP contribution in [0.5, 0.6) is 0 Å². The number of carbonyl (C=O) groups is 1. The third-order valence-corrected chi connectivity index (χ3v) is 3.14. The molecular weight excluding hydrogens is 194 g/mol. The molecule has 1 aromatic rings. The van der Waals surface area contributed by atoms with Gasteiger partial charge in [-0.3, -0.25) is 4.79 Å². The minimum absolute atomic E-state index is 0.0526. The summed E-state index contributed by atoms with van der Waals surface area (Å²) >= 11 is 0. The van der Waals surface area contributed by atoms with Crippen LogP contribution < -0.4 is 0 Å². The third-order valence-electron chi connectivity index (χ3n) is 3.14. The fourth-order valence-corrected chi connectivity index (χ4v) is 2.19. The van der Waals surface area contributed by atoms with E-state index in [1.54, 1.807) is 0 Å². The topological polar surface area (TPSA) is 59.2 Å². The Morgan fingerprint density at radius 2 is 2.33 bits per heavy atom. The minimum atomic E-state index is 0.0526. The van der Waals surface area contributed by atoms with E-state index in [1.165, 1.54) is 6.39 Å². The zero-order valence-electron chi connectivity index (χ0n) is 8.43. The van der Waals surface area contributed by atoms with Gasteiger partial charge in [-0.25, -0.2) is 0 Å². The van der Waals surface area contributed by atoms with Crippen molar-refractivity contribution in [1.82, 2.24) is 15.0 Å². The molecule has 0 N–H and O–H groups in total. The number of likely N-dealkylation sites (tertiary alicyclic amines) is 1. The van der Waals surface area contributed by atoms with Crippen LogP contribution >= 0.6 is 0 Å². The highest BCUT2D eigenvalue weighted by Crippen LogP contribution is 2.37. The van der Waals surface area contributed by atoms with Gasteiger partial charge in [0, 0.05) is 12.5 Å². The lowest BCUT2D eigenvalue weighted by molar-refractivity contribution is -0.133. The lowest BCUT2D eigenvalue weighted by atomic mass is 10.2. The standard InChI is InChI=1S/C10H13N3O2/c14-10(7-3-4-7)13-5-1-2-8(13)9-11-6-15-12-9/h6-8H,1-5H2. The smallest absolute Gasteiger partial charge is 0.226 e. The molecule has 0 bridgehead atoms. The van der Waals surface area contributed by atoms with Crippen molar-refractivity contribution in [3.05, 3.63) is 12.2 Å². The molecule has 15 heavy (non-hydrogen) atoms. The average molecular weight is 207 g/mol. The van der Waals surface area contributed by atoms with Crippen LogP contribution in [0.25, 0.3) is 0 Å². The Morgan fingerprint density at radius 1 is 1.47 bits per heavy atom. The molecular formula is C10H13N3O2. The van der Waals surface area contributed by atoms with Crippen molar-refractivity contribution in [3.63, 3.8) is 0 Å². The van der Waals surface area contributed by atoms with Crippen molar-refractivity contribution >= 4 is 5.91 Å². The highest BCUT2D eigenvalue weighted by atomic mass is 16.5. The van der Waals surface area contributed by atoms with Gasteiger partial charge >= 0.3 is 0 Å². The van der Waals surface area contributed by atoms with E-state index in [2.05, 4.69) is 10.1 Å². The second kappa shape index (κ2) is 3.32. The number of hydrogen-bond acceptors (Lipinski definition) is 4. The fraction of sp³-hybridized carbons (Fsp3) is 0.700. The predicted molar refractivity (Wildman–Crippen MR) is 50.7 cm³/mol. The molecule has 1 aliphatic heterocycles. The van der Waals surface area contributed by atoms with Crippen LogP contribution in [-0.2, 0) is 4.79 Å². The van der Waals surface area contributed by atoms with Gasteiger partial charge in [0.15, 0.2) is 5.82 Å². The van der Waals surface area contributed by atoms with Crippen LogP contribution in [-0.4, -0.2) is 27.5 Å². The Balaban J connectivity index is 1.79. The summed E-state index contributed by atoms with van der Waals surface area (Å²) in [5, 5.41) is 3.83. The third kappa shape index (κ3) is 1.52. The first-order valence-electron chi connectivity index (χ1n) is 5.43. The second-order valence-corrected chi connectivity index (χ2v) is 4.25. The van der Waals surface area contributed by atoms with Gasteiger partial charge < -0.3 is 9.42 Å². The van der Waals surface area contributed by atoms with Crippen LogP contribution in [0.4, 0.5) is 0 Å². The van der Waals surface area contributed by atoms with E-state index >= 15 is 0 Å². The first-order valence-corrected chi connectivity index (χ1v) is 5.43. The molecule has 2 fully saturated rings. The van der Waals surface area contributed by atoms with Crippen molar-refractivity contribution in [1.29, 1.82) is 0 Å². The maximum atomic E-state index is 12.0. The van der Waals surface area contributed by atoms with Crippen molar-refractivity contribution in [2.45, 2.75) is 31.7 Å². The zero-order chi connectivity index (χ0) is 10.3. The summed E-state index contributed by atoms with van der Waals surface area (Å²) in [6.45, 7) is 0.842. The summed E-state index contributed by atoms with van der Waals surface area (Å²) in [5.74, 6) is 1.21. The molecule has 1 unspecified atom stereocenters. The normalized spacial score (nSPS) is 25.9. The molecule has 1 amide bonds. The molecule has 2 aliphatic rings. The zero-order valence-corrected chi connectivity index (χ0v) is 8.43. The highest BCUT2D eigenvalue weighted by Gasteiger charge is 2.40. The monoisotopic (exact) mass is 207 g/mol. The SMILES string of the molecule is O=C(C1CC1)N1CCCC1c1ncon1. The van der Waals surface area contributed by atoms with E-state index in [9.17, 15) is 4.79 Å². The number of aromatic nitrogens is 2. The number of rotatable bonds is 2. The first kappa shape index (κ1) is 8.88. The molecule has 2 heterocycles. The van der Waals surface area contributed by atoms with E-state index in [4.69, 9.17) is 4.52 Å². The maximum Gasteiger partial charge on any atom is 0.226 e. The van der Waals surface area contributed by atoms with Crippen molar-refractivity contribution < 1.29 is 9.32 Å². The molecule has 1 saturated carbocycles. The van der Waals surface area contributed by atoms with Crippen molar-refractivity contribution in [2.24, 2.45) is 5.92 Å². The summed E-state index contributed by atoms with van der Waals surface area (Å²) in [5.41, 5.74) is 0. The van der Waals surface area contributed by atoms with Crippen molar-refractivity contribution in [3.8, 4) is 0 Å². The quantitative estimate of drug-likeness (QED) is 0.729. The maximum absolute atomic E-state index is 12.0. The Labute approximate surface area is 87.4 Å². The first-order chi connectivity index (χ1) is 7.36. The van der Waals surface area contributed by atoms with Crippen LogP contribution in [0.2, 0.25) is 0 Å². The van der Waals surface area contributed by atoms with Crippen LogP contribution in [0.15, 0.2) is 10.9 Å². The molecule has 1 aromatic heterocycles. The molecule has 0 aromatic carbocycles. The molecule has 5 nitrogen and oxygen atoms in total. The molecule has 0 radical (unpaired) electrons. The molecule has 1 saturated heterocycles. The summed E-state index contributed by atoms with van der Waals surface area (Å²) in [7, 11) is 0. The van der Waals surface area contributed by atoms with Gasteiger partial charge in [0.1, 0.15) is 0 Å². The van der Waals surface area contributed by atoms with Crippen LogP contribution in [0.1, 0.15) is 37.5 Å². The average Bonchev–Trinajstić information content (AvgIpc) is 2.80. The predicted octanol–water partition coefficient (Wildman–Crippen LogP) is 1.14. The molecule has 1 atom stereocenters. The number of nitrogens with zero attached hydrogens (tertiary/aromatic N) is 3. The van der Waals surface area contributed by atoms with Gasteiger partial charge in [0.2, 0.25) is 12.3 Å². The lowest BCUT2D eigenvalue weighted by Crippen LogP contribution is -2.32. The fourth-order valence-electron chi connectivity index (χ4n) is 2.19. The Hall–Kier alpha value is -1.39. The Morgan fingerprint density at radius 3 is 3.00 bits per heavy atom. The van der Waals surface area contributed by atoms with E-state index in [0.717, 1.165) is 32.2 Å². The molecule has 3 rings (SSSR count). The number of hydrogen-bond donors (Lipinski definition) is 0. The van der Waals surface area contributed by atoms with Gasteiger partial charge in [-0.15, -0.1) is 0 Å². The van der Waals surface area contributed by atoms with Gasteiger partial charge in [0.25, 0.3) is 0 Å². The van der Waals surface area contributed by atoms with Crippen LogP contribution in [0.3, 0.4) is 0 Å². The molecule has 1 aliphatic carbocycles. The van der Waals surface area contributed by atoms with Gasteiger partial charge in [-0.1, -0.05) is 5.16 Å². The van der Waals surface area contributed by atoms with Crippen molar-refractivity contribution in [2.75, 3.05) is 6.54 Å². The summed E-state index contributed by atoms with van der Waals surface area (Å²) in [6.07, 6.45) is 5.42. The summed E-state index contributed by atoms with van der Waals surface area (Å²) < 4.78 is 4.73.